The Kier molecular flexibility index (Phi) is 2.16. The predicted octanol–water partition coefficient (Wildman–Crippen LogP) is 2.10. The van der Waals surface area contributed by atoms with E-state index in [2.05, 4.69) is 19.2 Å². The smallest absolute Gasteiger partial charge is 0.120 e. The van der Waals surface area contributed by atoms with Crippen LogP contribution in [0.5, 0.6) is 0 Å². The van der Waals surface area contributed by atoms with Crippen LogP contribution in [0.3, 0.4) is 0 Å². The molecule has 2 nitrogen and oxygen atoms in total. The molecule has 0 radical (unpaired) electrons. The van der Waals surface area contributed by atoms with E-state index >= 15 is 0 Å². The molecule has 0 atom stereocenters. The van der Waals surface area contributed by atoms with Crippen LogP contribution in [0.15, 0.2) is 31.5 Å². The summed E-state index contributed by atoms with van der Waals surface area (Å²) in [6, 6.07) is 3.88. The monoisotopic (exact) mass is 158 g/mol. The highest BCUT2D eigenvalue weighted by atomic mass is 14.9. The lowest BCUT2D eigenvalue weighted by atomic mass is 10.1. The van der Waals surface area contributed by atoms with Gasteiger partial charge in [0.15, 0.2) is 0 Å². The van der Waals surface area contributed by atoms with Crippen LogP contribution < -0.4 is 0 Å². The van der Waals surface area contributed by atoms with E-state index in [-0.39, 0.29) is 0 Å². The predicted molar refractivity (Wildman–Crippen MR) is 49.4 cm³/mol. The van der Waals surface area contributed by atoms with Crippen LogP contribution in [0.1, 0.15) is 11.3 Å². The Morgan fingerprint density at radius 1 is 1.75 bits per heavy atom. The zero-order valence-corrected chi connectivity index (χ0v) is 7.04. The van der Waals surface area contributed by atoms with Crippen molar-refractivity contribution in [3.05, 3.63) is 42.8 Å². The molecule has 0 aliphatic heterocycles. The van der Waals surface area contributed by atoms with Crippen LogP contribution in [0, 0.1) is 11.3 Å². The summed E-state index contributed by atoms with van der Waals surface area (Å²) >= 11 is 0. The maximum Gasteiger partial charge on any atom is 0.120 e. The Hall–Kier alpha value is -1.75. The molecule has 1 aromatic rings. The minimum atomic E-state index is 0.632. The minimum absolute atomic E-state index is 0.632. The van der Waals surface area contributed by atoms with Crippen LogP contribution in [-0.2, 0) is 7.05 Å². The van der Waals surface area contributed by atoms with E-state index in [0.29, 0.717) is 5.69 Å². The molecule has 0 aliphatic carbocycles. The first-order valence-electron chi connectivity index (χ1n) is 3.57. The summed E-state index contributed by atoms with van der Waals surface area (Å²) in [6.45, 7) is 7.40. The molecule has 0 spiro atoms. The average Bonchev–Trinajstić information content (AvgIpc) is 2.45. The first kappa shape index (κ1) is 8.35. The summed E-state index contributed by atoms with van der Waals surface area (Å²) < 4.78 is 1.77. The van der Waals surface area contributed by atoms with Gasteiger partial charge in [-0.15, -0.1) is 0 Å². The normalized spacial score (nSPS) is 9.00. The minimum Gasteiger partial charge on any atom is -0.342 e. The molecule has 0 unspecified atom stereocenters. The van der Waals surface area contributed by atoms with Crippen LogP contribution in [-0.4, -0.2) is 4.57 Å². The Morgan fingerprint density at radius 2 is 2.42 bits per heavy atom. The van der Waals surface area contributed by atoms with Crippen LogP contribution in [0.25, 0.3) is 5.57 Å². The van der Waals surface area contributed by atoms with Crippen molar-refractivity contribution < 1.29 is 0 Å². The molecule has 1 heterocycles. The van der Waals surface area contributed by atoms with E-state index in [1.54, 1.807) is 16.7 Å². The van der Waals surface area contributed by atoms with Crippen molar-refractivity contribution in [3.63, 3.8) is 0 Å². The molecular formula is C10H10N2. The molecule has 0 bridgehead atoms. The number of rotatable bonds is 2. The highest BCUT2D eigenvalue weighted by Gasteiger charge is 2.02. The lowest BCUT2D eigenvalue weighted by molar-refractivity contribution is 0.907. The summed E-state index contributed by atoms with van der Waals surface area (Å²) in [6.07, 6.45) is 3.54. The third kappa shape index (κ3) is 1.30. The second kappa shape index (κ2) is 3.10. The van der Waals surface area contributed by atoms with E-state index in [0.717, 1.165) is 11.1 Å². The molecule has 1 rings (SSSR count). The summed E-state index contributed by atoms with van der Waals surface area (Å²) in [4.78, 5) is 0. The van der Waals surface area contributed by atoms with Gasteiger partial charge in [-0.1, -0.05) is 19.2 Å². The third-order valence-corrected chi connectivity index (χ3v) is 1.74. The van der Waals surface area contributed by atoms with Crippen molar-refractivity contribution in [3.8, 4) is 6.07 Å². The van der Waals surface area contributed by atoms with E-state index in [9.17, 15) is 0 Å². The Labute approximate surface area is 72.1 Å². The van der Waals surface area contributed by atoms with Crippen LogP contribution in [0.2, 0.25) is 0 Å². The number of aryl methyl sites for hydroxylation is 1. The first-order chi connectivity index (χ1) is 5.69. The van der Waals surface area contributed by atoms with Crippen molar-refractivity contribution in [2.75, 3.05) is 0 Å². The Bertz CT molecular complexity index is 364. The highest BCUT2D eigenvalue weighted by molar-refractivity contribution is 5.71. The van der Waals surface area contributed by atoms with Crippen molar-refractivity contribution in [2.24, 2.45) is 7.05 Å². The standard InChI is InChI=1S/C10H10N2/c1-4-8(2)9-5-10(6-11)12(3)7-9/h4-5,7H,1-2H2,3H3. The van der Waals surface area contributed by atoms with Gasteiger partial charge in [0.1, 0.15) is 11.8 Å². The second-order valence-corrected chi connectivity index (χ2v) is 2.57. The number of nitriles is 1. The third-order valence-electron chi connectivity index (χ3n) is 1.74. The first-order valence-corrected chi connectivity index (χ1v) is 3.57. The Morgan fingerprint density at radius 3 is 2.83 bits per heavy atom. The molecule has 1 aromatic heterocycles. The number of nitrogens with zero attached hydrogens (tertiary/aromatic N) is 2. The summed E-state index contributed by atoms with van der Waals surface area (Å²) in [5, 5.41) is 8.66. The zero-order chi connectivity index (χ0) is 9.14. The van der Waals surface area contributed by atoms with E-state index in [1.165, 1.54) is 0 Å². The number of hydrogen-bond donors (Lipinski definition) is 0. The van der Waals surface area contributed by atoms with Crippen LogP contribution in [0.4, 0.5) is 0 Å². The van der Waals surface area contributed by atoms with E-state index in [1.807, 2.05) is 13.2 Å². The van der Waals surface area contributed by atoms with Gasteiger partial charge < -0.3 is 4.57 Å². The maximum atomic E-state index is 8.66. The SMILES string of the molecule is C=CC(=C)c1cc(C#N)n(C)c1. The van der Waals surface area contributed by atoms with Gasteiger partial charge in [0.05, 0.1) is 0 Å². The lowest BCUT2D eigenvalue weighted by Crippen LogP contribution is -1.86. The Balaban J connectivity index is 3.15. The molecule has 12 heavy (non-hydrogen) atoms. The van der Waals surface area contributed by atoms with Gasteiger partial charge in [-0.05, 0) is 11.6 Å². The summed E-state index contributed by atoms with van der Waals surface area (Å²) in [5.74, 6) is 0. The summed E-state index contributed by atoms with van der Waals surface area (Å²) in [7, 11) is 1.83. The molecule has 60 valence electrons. The van der Waals surface area contributed by atoms with Gasteiger partial charge >= 0.3 is 0 Å². The molecule has 0 aromatic carbocycles. The van der Waals surface area contributed by atoms with Crippen molar-refractivity contribution in [1.82, 2.24) is 4.57 Å². The van der Waals surface area contributed by atoms with Gasteiger partial charge in [0.25, 0.3) is 0 Å². The molecule has 0 fully saturated rings. The fraction of sp³-hybridized carbons (Fsp3) is 0.100. The molecule has 0 saturated heterocycles. The molecule has 0 N–H and O–H groups in total. The van der Waals surface area contributed by atoms with Gasteiger partial charge in [-0.25, -0.2) is 0 Å². The van der Waals surface area contributed by atoms with Crippen molar-refractivity contribution >= 4 is 5.57 Å². The average molecular weight is 158 g/mol. The maximum absolute atomic E-state index is 8.66. The van der Waals surface area contributed by atoms with Crippen molar-refractivity contribution in [2.45, 2.75) is 0 Å². The summed E-state index contributed by atoms with van der Waals surface area (Å²) in [5.41, 5.74) is 2.42. The number of allylic oxidation sites excluding steroid dienone is 2. The number of hydrogen-bond acceptors (Lipinski definition) is 1. The van der Waals surface area contributed by atoms with E-state index < -0.39 is 0 Å². The lowest BCUT2D eigenvalue weighted by Gasteiger charge is -1.91. The highest BCUT2D eigenvalue weighted by Crippen LogP contribution is 2.15. The van der Waals surface area contributed by atoms with Gasteiger partial charge in [0, 0.05) is 18.8 Å². The largest absolute Gasteiger partial charge is 0.342 e. The van der Waals surface area contributed by atoms with Gasteiger partial charge in [-0.2, -0.15) is 5.26 Å². The zero-order valence-electron chi connectivity index (χ0n) is 7.04. The quantitative estimate of drug-likeness (QED) is 0.606. The topological polar surface area (TPSA) is 28.7 Å². The molecule has 0 amide bonds. The molecule has 2 heteroatoms. The fourth-order valence-electron chi connectivity index (χ4n) is 0.969. The van der Waals surface area contributed by atoms with Crippen molar-refractivity contribution in [1.29, 1.82) is 5.26 Å². The molecular weight excluding hydrogens is 148 g/mol. The second-order valence-electron chi connectivity index (χ2n) is 2.57. The van der Waals surface area contributed by atoms with Crippen LogP contribution >= 0.6 is 0 Å². The number of aromatic nitrogens is 1. The van der Waals surface area contributed by atoms with E-state index in [4.69, 9.17) is 5.26 Å². The fourth-order valence-corrected chi connectivity index (χ4v) is 0.969. The van der Waals surface area contributed by atoms with Gasteiger partial charge in [0.2, 0.25) is 0 Å². The molecule has 0 aliphatic rings. The molecule has 0 saturated carbocycles. The van der Waals surface area contributed by atoms with Gasteiger partial charge in [-0.3, -0.25) is 0 Å².